The molecule has 27 heavy (non-hydrogen) atoms. The van der Waals surface area contributed by atoms with Crippen molar-refractivity contribution in [3.05, 3.63) is 59.5 Å². The highest BCUT2D eigenvalue weighted by atomic mass is 16.5. The highest BCUT2D eigenvalue weighted by Gasteiger charge is 2.20. The van der Waals surface area contributed by atoms with Crippen LogP contribution in [0.25, 0.3) is 11.1 Å². The summed E-state index contributed by atoms with van der Waals surface area (Å²) in [5.74, 6) is 1.54. The monoisotopic (exact) mass is 364 g/mol. The lowest BCUT2D eigenvalue weighted by Crippen LogP contribution is -2.14. The van der Waals surface area contributed by atoms with E-state index in [4.69, 9.17) is 10.3 Å². The van der Waals surface area contributed by atoms with Crippen molar-refractivity contribution in [3.8, 4) is 11.1 Å². The van der Waals surface area contributed by atoms with Gasteiger partial charge in [0.05, 0.1) is 6.42 Å². The Morgan fingerprint density at radius 2 is 1.85 bits per heavy atom. The van der Waals surface area contributed by atoms with Crippen LogP contribution in [0, 0.1) is 6.92 Å². The first kappa shape index (κ1) is 18.6. The number of nitrogens with zero attached hydrogens (tertiary/aromatic N) is 2. The number of rotatable bonds is 4. The van der Waals surface area contributed by atoms with E-state index in [9.17, 15) is 4.79 Å². The Balaban J connectivity index is 1.66. The molecule has 3 N–H and O–H groups in total. The van der Waals surface area contributed by atoms with Crippen LogP contribution in [0.15, 0.2) is 47.0 Å². The summed E-state index contributed by atoms with van der Waals surface area (Å²) in [6.45, 7) is 8.01. The van der Waals surface area contributed by atoms with Gasteiger partial charge >= 0.3 is 0 Å². The van der Waals surface area contributed by atoms with Crippen LogP contribution in [0.4, 0.5) is 11.6 Å². The molecule has 3 aromatic rings. The molecule has 0 spiro atoms. The van der Waals surface area contributed by atoms with E-state index in [1.54, 1.807) is 12.1 Å². The number of benzene rings is 1. The number of anilines is 2. The molecule has 0 aliphatic carbocycles. The van der Waals surface area contributed by atoms with Gasteiger partial charge in [0.25, 0.3) is 0 Å². The van der Waals surface area contributed by atoms with Crippen molar-refractivity contribution >= 4 is 17.5 Å². The van der Waals surface area contributed by atoms with Crippen molar-refractivity contribution < 1.29 is 9.32 Å². The fourth-order valence-corrected chi connectivity index (χ4v) is 2.75. The maximum atomic E-state index is 12.3. The number of nitrogens with one attached hydrogen (secondary N) is 1. The standard InChI is InChI=1S/C21H24N4O2/c1-13-16(9-10-18(22)23-13)15-7-5-14(6-8-15)11-20(26)24-19-12-17(27-25-19)21(2,3)4/h5-10,12H,11H2,1-4H3,(H2,22,23)(H,24,25,26). The van der Waals surface area contributed by atoms with Crippen LogP contribution in [0.1, 0.15) is 37.8 Å². The fraction of sp³-hybridized carbons (Fsp3) is 0.286. The Labute approximate surface area is 158 Å². The zero-order valence-corrected chi connectivity index (χ0v) is 16.0. The van der Waals surface area contributed by atoms with Crippen molar-refractivity contribution in [2.75, 3.05) is 11.1 Å². The molecular formula is C21H24N4O2. The summed E-state index contributed by atoms with van der Waals surface area (Å²) < 4.78 is 5.28. The van der Waals surface area contributed by atoms with Gasteiger partial charge in [0.1, 0.15) is 11.6 Å². The summed E-state index contributed by atoms with van der Waals surface area (Å²) in [5.41, 5.74) is 9.41. The molecule has 3 rings (SSSR count). The SMILES string of the molecule is Cc1nc(N)ccc1-c1ccc(CC(=O)Nc2cc(C(C)(C)C)on2)cc1. The minimum absolute atomic E-state index is 0.137. The van der Waals surface area contributed by atoms with Gasteiger partial charge in [-0.2, -0.15) is 0 Å². The van der Waals surface area contributed by atoms with E-state index in [1.165, 1.54) is 0 Å². The second-order valence-electron chi connectivity index (χ2n) is 7.62. The first-order valence-electron chi connectivity index (χ1n) is 8.82. The molecule has 0 fully saturated rings. The Morgan fingerprint density at radius 3 is 2.44 bits per heavy atom. The Kier molecular flexibility index (Phi) is 4.99. The van der Waals surface area contributed by atoms with Crippen molar-refractivity contribution in [2.24, 2.45) is 0 Å². The van der Waals surface area contributed by atoms with Crippen molar-refractivity contribution in [2.45, 2.75) is 39.5 Å². The molecule has 1 aromatic carbocycles. The van der Waals surface area contributed by atoms with Gasteiger partial charge in [0.2, 0.25) is 5.91 Å². The highest BCUT2D eigenvalue weighted by Crippen LogP contribution is 2.25. The molecule has 6 heteroatoms. The third kappa shape index (κ3) is 4.53. The first-order chi connectivity index (χ1) is 12.7. The summed E-state index contributed by atoms with van der Waals surface area (Å²) in [4.78, 5) is 16.6. The zero-order chi connectivity index (χ0) is 19.6. The highest BCUT2D eigenvalue weighted by molar-refractivity contribution is 5.91. The van der Waals surface area contributed by atoms with E-state index in [1.807, 2.05) is 58.0 Å². The van der Waals surface area contributed by atoms with Crippen molar-refractivity contribution in [3.63, 3.8) is 0 Å². The third-order valence-electron chi connectivity index (χ3n) is 4.25. The predicted octanol–water partition coefficient (Wildman–Crippen LogP) is 4.11. The van der Waals surface area contributed by atoms with Crippen LogP contribution in [0.2, 0.25) is 0 Å². The van der Waals surface area contributed by atoms with E-state index in [-0.39, 0.29) is 17.7 Å². The number of amides is 1. The smallest absolute Gasteiger partial charge is 0.230 e. The topological polar surface area (TPSA) is 94.0 Å². The van der Waals surface area contributed by atoms with Gasteiger partial charge in [-0.3, -0.25) is 4.79 Å². The van der Waals surface area contributed by atoms with E-state index < -0.39 is 0 Å². The van der Waals surface area contributed by atoms with Crippen molar-refractivity contribution in [1.82, 2.24) is 10.1 Å². The maximum Gasteiger partial charge on any atom is 0.230 e. The summed E-state index contributed by atoms with van der Waals surface area (Å²) in [6.07, 6.45) is 0.261. The van der Waals surface area contributed by atoms with E-state index in [2.05, 4.69) is 15.5 Å². The molecule has 0 aliphatic rings. The number of carbonyl (C=O) groups excluding carboxylic acids is 1. The average Bonchev–Trinajstić information content (AvgIpc) is 3.04. The number of nitrogens with two attached hydrogens (primary N) is 1. The number of hydrogen-bond donors (Lipinski definition) is 2. The molecular weight excluding hydrogens is 340 g/mol. The molecule has 2 aromatic heterocycles. The zero-order valence-electron chi connectivity index (χ0n) is 16.0. The fourth-order valence-electron chi connectivity index (χ4n) is 2.75. The largest absolute Gasteiger partial charge is 0.384 e. The lowest BCUT2D eigenvalue weighted by atomic mass is 9.93. The summed E-state index contributed by atoms with van der Waals surface area (Å²) in [6, 6.07) is 13.3. The molecule has 140 valence electrons. The minimum Gasteiger partial charge on any atom is -0.384 e. The molecule has 0 radical (unpaired) electrons. The molecule has 0 atom stereocenters. The van der Waals surface area contributed by atoms with Crippen LogP contribution in [0.5, 0.6) is 0 Å². The molecule has 0 aliphatic heterocycles. The quantitative estimate of drug-likeness (QED) is 0.727. The minimum atomic E-state index is -0.152. The molecule has 2 heterocycles. The van der Waals surface area contributed by atoms with Crippen LogP contribution in [-0.2, 0) is 16.6 Å². The Hall–Kier alpha value is -3.15. The second-order valence-corrected chi connectivity index (χ2v) is 7.62. The lowest BCUT2D eigenvalue weighted by molar-refractivity contribution is -0.115. The molecule has 1 amide bonds. The lowest BCUT2D eigenvalue weighted by Gasteiger charge is -2.12. The number of aromatic nitrogens is 2. The van der Waals surface area contributed by atoms with Crippen LogP contribution in [-0.4, -0.2) is 16.0 Å². The van der Waals surface area contributed by atoms with Crippen molar-refractivity contribution in [1.29, 1.82) is 0 Å². The molecule has 0 bridgehead atoms. The summed E-state index contributed by atoms with van der Waals surface area (Å²) >= 11 is 0. The number of carbonyl (C=O) groups is 1. The van der Waals surface area contributed by atoms with Gasteiger partial charge in [-0.15, -0.1) is 0 Å². The average molecular weight is 364 g/mol. The van der Waals surface area contributed by atoms with Crippen LogP contribution >= 0.6 is 0 Å². The van der Waals surface area contributed by atoms with E-state index in [0.717, 1.165) is 28.1 Å². The maximum absolute atomic E-state index is 12.3. The Morgan fingerprint density at radius 1 is 1.15 bits per heavy atom. The first-order valence-corrected chi connectivity index (χ1v) is 8.82. The summed E-state index contributed by atoms with van der Waals surface area (Å²) in [7, 11) is 0. The van der Waals surface area contributed by atoms with E-state index >= 15 is 0 Å². The molecule has 0 saturated carbocycles. The molecule has 0 saturated heterocycles. The van der Waals surface area contributed by atoms with Crippen LogP contribution in [0.3, 0.4) is 0 Å². The summed E-state index contributed by atoms with van der Waals surface area (Å²) in [5, 5.41) is 6.69. The molecule has 6 nitrogen and oxygen atoms in total. The number of hydrogen-bond acceptors (Lipinski definition) is 5. The van der Waals surface area contributed by atoms with Gasteiger partial charge in [0, 0.05) is 22.7 Å². The number of nitrogen functional groups attached to an aromatic ring is 1. The Bertz CT molecular complexity index is 953. The predicted molar refractivity (Wildman–Crippen MR) is 106 cm³/mol. The van der Waals surface area contributed by atoms with Gasteiger partial charge in [-0.1, -0.05) is 50.2 Å². The van der Waals surface area contributed by atoms with Gasteiger partial charge in [-0.25, -0.2) is 4.98 Å². The van der Waals surface area contributed by atoms with Gasteiger partial charge in [-0.05, 0) is 30.2 Å². The van der Waals surface area contributed by atoms with E-state index in [0.29, 0.717) is 11.6 Å². The van der Waals surface area contributed by atoms with Gasteiger partial charge < -0.3 is 15.6 Å². The number of pyridine rings is 1. The second kappa shape index (κ2) is 7.23. The number of aryl methyl sites for hydroxylation is 1. The van der Waals surface area contributed by atoms with Crippen LogP contribution < -0.4 is 11.1 Å². The third-order valence-corrected chi connectivity index (χ3v) is 4.25. The molecule has 0 unspecified atom stereocenters. The van der Waals surface area contributed by atoms with Gasteiger partial charge in [0.15, 0.2) is 5.82 Å². The normalized spacial score (nSPS) is 11.4.